The minimum atomic E-state index is 0. The van der Waals surface area contributed by atoms with Crippen LogP contribution in [0.2, 0.25) is 0 Å². The largest absolute Gasteiger partial charge is 0.412 e. The van der Waals surface area contributed by atoms with Gasteiger partial charge in [-0.15, -0.1) is 24.8 Å². The average Bonchev–Trinajstić information content (AvgIpc) is 0. The van der Waals surface area contributed by atoms with Crippen LogP contribution in [-0.4, -0.2) is 21.9 Å². The highest BCUT2D eigenvalue weighted by atomic mass is 35.5. The normalized spacial score (nSPS) is 0. The van der Waals surface area contributed by atoms with Crippen LogP contribution in [0.25, 0.3) is 0 Å². The summed E-state index contributed by atoms with van der Waals surface area (Å²) < 4.78 is 0. The van der Waals surface area contributed by atoms with E-state index in [9.17, 15) is 0 Å². The second-order valence-corrected chi connectivity index (χ2v) is 0. The summed E-state index contributed by atoms with van der Waals surface area (Å²) in [7, 11) is 0. The van der Waals surface area contributed by atoms with Crippen LogP contribution in [0, 0.1) is 0 Å². The molecule has 0 saturated carbocycles. The Morgan fingerprint density at radius 1 is 0.333 bits per heavy atom. The van der Waals surface area contributed by atoms with Gasteiger partial charge in [0.15, 0.2) is 0 Å². The fourth-order valence-corrected chi connectivity index (χ4v) is 0. The molecule has 0 atom stereocenters. The van der Waals surface area contributed by atoms with E-state index >= 15 is 0 Å². The molecule has 6 heavy (non-hydrogen) atoms. The van der Waals surface area contributed by atoms with Gasteiger partial charge in [-0.2, -0.15) is 0 Å². The molecule has 0 aromatic rings. The van der Waals surface area contributed by atoms with Gasteiger partial charge in [-0.25, -0.2) is 0 Å². The van der Waals surface area contributed by atoms with Gasteiger partial charge < -0.3 is 21.9 Å². The third-order valence-electron chi connectivity index (χ3n) is 0. The van der Waals surface area contributed by atoms with Crippen LogP contribution < -0.4 is 0 Å². The Balaban J connectivity index is 0. The summed E-state index contributed by atoms with van der Waals surface area (Å²) in [6.45, 7) is 0. The molecular formula is H10Cl2O4. The third kappa shape index (κ3) is 293. The Bertz CT molecular complexity index is 5.51. The van der Waals surface area contributed by atoms with E-state index in [0.717, 1.165) is 0 Å². The van der Waals surface area contributed by atoms with Gasteiger partial charge in [0, 0.05) is 0 Å². The van der Waals surface area contributed by atoms with E-state index in [-0.39, 0.29) is 46.7 Å². The smallest absolute Gasteiger partial charge is 0.147 e. The van der Waals surface area contributed by atoms with E-state index in [2.05, 4.69) is 0 Å². The van der Waals surface area contributed by atoms with Crippen molar-refractivity contribution in [3.05, 3.63) is 0 Å². The SMILES string of the molecule is Cl.Cl.O.O.O.O. The minimum absolute atomic E-state index is 0. The molecule has 6 heteroatoms. The summed E-state index contributed by atoms with van der Waals surface area (Å²) >= 11 is 0. The van der Waals surface area contributed by atoms with Crippen molar-refractivity contribution >= 4 is 24.8 Å². The van der Waals surface area contributed by atoms with Crippen molar-refractivity contribution in [1.82, 2.24) is 0 Å². The molecule has 0 radical (unpaired) electrons. The molecule has 0 saturated heterocycles. The molecule has 0 aromatic carbocycles. The van der Waals surface area contributed by atoms with Gasteiger partial charge in [0.05, 0.1) is 0 Å². The molecule has 0 aliphatic heterocycles. The zero-order valence-corrected chi connectivity index (χ0v) is 4.45. The Morgan fingerprint density at radius 2 is 0.333 bits per heavy atom. The Kier molecular flexibility index (Phi) is 107000. The molecular weight excluding hydrogens is 135 g/mol. The van der Waals surface area contributed by atoms with E-state index < -0.39 is 0 Å². The van der Waals surface area contributed by atoms with Crippen LogP contribution in [0.5, 0.6) is 0 Å². The van der Waals surface area contributed by atoms with Crippen molar-refractivity contribution in [3.8, 4) is 0 Å². The lowest BCUT2D eigenvalue weighted by Gasteiger charge is -0.413. The minimum Gasteiger partial charge on any atom is -0.412 e. The molecule has 0 aromatic heterocycles. The van der Waals surface area contributed by atoms with Crippen LogP contribution in [0.15, 0.2) is 0 Å². The molecule has 0 unspecified atom stereocenters. The molecule has 0 amide bonds. The average molecular weight is 145 g/mol. The third-order valence-corrected chi connectivity index (χ3v) is 0. The molecule has 0 aliphatic carbocycles. The van der Waals surface area contributed by atoms with E-state index in [4.69, 9.17) is 0 Å². The van der Waals surface area contributed by atoms with Crippen molar-refractivity contribution in [2.75, 3.05) is 0 Å². The summed E-state index contributed by atoms with van der Waals surface area (Å²) in [5, 5.41) is 0. The maximum Gasteiger partial charge on any atom is -0.147 e. The highest BCUT2D eigenvalue weighted by Gasteiger charge is -0.146. The standard InChI is InChI=1S/2ClH.4H2O/h2*1H;4*1H2. The van der Waals surface area contributed by atoms with Crippen molar-refractivity contribution in [3.63, 3.8) is 0 Å². The first-order chi connectivity index (χ1) is 0. The van der Waals surface area contributed by atoms with Gasteiger partial charge in [0.25, 0.3) is 0 Å². The molecule has 0 heterocycles. The molecule has 0 bridgehead atoms. The molecule has 48 valence electrons. The summed E-state index contributed by atoms with van der Waals surface area (Å²) in [5.41, 5.74) is 0. The zero-order valence-electron chi connectivity index (χ0n) is 2.82. The van der Waals surface area contributed by atoms with Crippen molar-refractivity contribution in [2.24, 2.45) is 0 Å². The lowest BCUT2D eigenvalue weighted by Crippen LogP contribution is -0.290. The Hall–Kier alpha value is 0.420. The first-order valence-corrected chi connectivity index (χ1v) is 0. The van der Waals surface area contributed by atoms with Gasteiger partial charge in [-0.05, 0) is 0 Å². The van der Waals surface area contributed by atoms with Crippen molar-refractivity contribution in [2.45, 2.75) is 0 Å². The predicted octanol–water partition coefficient (Wildman–Crippen LogP) is -2.46. The van der Waals surface area contributed by atoms with Crippen molar-refractivity contribution < 1.29 is 21.9 Å². The van der Waals surface area contributed by atoms with Crippen LogP contribution >= 0.6 is 24.8 Å². The van der Waals surface area contributed by atoms with Gasteiger partial charge >= 0.3 is 0 Å². The molecule has 4 nitrogen and oxygen atoms in total. The zero-order chi connectivity index (χ0) is 0. The summed E-state index contributed by atoms with van der Waals surface area (Å²) in [5.74, 6) is 0. The fourth-order valence-electron chi connectivity index (χ4n) is 0. The van der Waals surface area contributed by atoms with E-state index in [1.807, 2.05) is 0 Å². The quantitative estimate of drug-likeness (QED) is 0.358. The van der Waals surface area contributed by atoms with Crippen LogP contribution in [-0.2, 0) is 0 Å². The first-order valence-electron chi connectivity index (χ1n) is 0. The first kappa shape index (κ1) is 1070. The molecule has 8 N–H and O–H groups in total. The molecule has 0 fully saturated rings. The second-order valence-electron chi connectivity index (χ2n) is 0. The predicted molar refractivity (Wildman–Crippen MR) is 29.0 cm³/mol. The van der Waals surface area contributed by atoms with Crippen molar-refractivity contribution in [1.29, 1.82) is 0 Å². The van der Waals surface area contributed by atoms with Crippen LogP contribution in [0.1, 0.15) is 0 Å². The van der Waals surface area contributed by atoms with Gasteiger partial charge in [0.2, 0.25) is 0 Å². The number of halogens is 2. The van der Waals surface area contributed by atoms with Crippen LogP contribution in [0.3, 0.4) is 0 Å². The molecule has 0 rings (SSSR count). The molecule has 0 spiro atoms. The van der Waals surface area contributed by atoms with E-state index in [1.54, 1.807) is 0 Å². The summed E-state index contributed by atoms with van der Waals surface area (Å²) in [6, 6.07) is 0. The fraction of sp³-hybridized carbons (Fsp3) is 0. The topological polar surface area (TPSA) is 126 Å². The lowest BCUT2D eigenvalue weighted by atomic mass is 16.0. The summed E-state index contributed by atoms with van der Waals surface area (Å²) in [4.78, 5) is 0. The van der Waals surface area contributed by atoms with E-state index in [1.165, 1.54) is 0 Å². The number of hydrogen-bond acceptors (Lipinski definition) is 0. The number of rotatable bonds is 0. The highest BCUT2D eigenvalue weighted by molar-refractivity contribution is 5.85. The lowest BCUT2D eigenvalue weighted by molar-refractivity contribution is 0.823. The maximum absolute atomic E-state index is 0. The highest BCUT2D eigenvalue weighted by Crippen LogP contribution is 0.691. The Morgan fingerprint density at radius 3 is 0.333 bits per heavy atom. The van der Waals surface area contributed by atoms with Gasteiger partial charge in [-0.3, -0.25) is 0 Å². The monoisotopic (exact) mass is 144 g/mol. The molecule has 0 aliphatic rings. The number of hydrogen-bond donors (Lipinski definition) is 0. The van der Waals surface area contributed by atoms with Gasteiger partial charge in [0.1, 0.15) is 0 Å². The Labute approximate surface area is 47.6 Å². The van der Waals surface area contributed by atoms with Gasteiger partial charge in [-0.1, -0.05) is 0 Å². The second kappa shape index (κ2) is 600. The van der Waals surface area contributed by atoms with E-state index in [0.29, 0.717) is 0 Å². The maximum atomic E-state index is 0. The van der Waals surface area contributed by atoms with Crippen LogP contribution in [0.4, 0.5) is 0 Å². The summed E-state index contributed by atoms with van der Waals surface area (Å²) in [6.07, 6.45) is 0.